The summed E-state index contributed by atoms with van der Waals surface area (Å²) < 4.78 is 43.0. The van der Waals surface area contributed by atoms with E-state index in [-0.39, 0.29) is 6.04 Å². The van der Waals surface area contributed by atoms with Gasteiger partial charge in [-0.3, -0.25) is 4.90 Å². The minimum Gasteiger partial charge on any atom is -0.338 e. The van der Waals surface area contributed by atoms with Gasteiger partial charge in [0, 0.05) is 12.5 Å². The van der Waals surface area contributed by atoms with Crippen molar-refractivity contribution in [3.8, 4) is 0 Å². The maximum atomic E-state index is 12.6. The number of rotatable bonds is 5. The fourth-order valence-corrected chi connectivity index (χ4v) is 2.34. The Labute approximate surface area is 132 Å². The molecule has 0 N–H and O–H groups in total. The molecule has 4 nitrogen and oxygen atoms in total. The average molecular weight is 325 g/mol. The molecule has 0 saturated heterocycles. The van der Waals surface area contributed by atoms with Crippen LogP contribution in [0.2, 0.25) is 0 Å². The maximum Gasteiger partial charge on any atom is 0.416 e. The van der Waals surface area contributed by atoms with Gasteiger partial charge in [-0.25, -0.2) is 0 Å². The van der Waals surface area contributed by atoms with Crippen LogP contribution >= 0.6 is 0 Å². The Hall–Kier alpha value is -1.89. The van der Waals surface area contributed by atoms with Crippen molar-refractivity contribution in [2.45, 2.75) is 44.4 Å². The van der Waals surface area contributed by atoms with E-state index >= 15 is 0 Å². The van der Waals surface area contributed by atoms with Crippen LogP contribution in [0.15, 0.2) is 28.8 Å². The van der Waals surface area contributed by atoms with Gasteiger partial charge in [-0.05, 0) is 44.5 Å². The third kappa shape index (κ3) is 3.72. The standard InChI is InChI=1S/C16H18F3N3O/c1-10(15-20-14(21-23-15)12-5-6-12)22(2)9-11-3-7-13(8-4-11)16(17,18)19/h3-4,7-8,10,12H,5-6,9H2,1-2H3. The molecule has 124 valence electrons. The van der Waals surface area contributed by atoms with Crippen molar-refractivity contribution >= 4 is 0 Å². The third-order valence-corrected chi connectivity index (χ3v) is 4.13. The summed E-state index contributed by atoms with van der Waals surface area (Å²) in [5.41, 5.74) is 0.164. The van der Waals surface area contributed by atoms with Crippen LogP contribution in [0.5, 0.6) is 0 Å². The predicted molar refractivity (Wildman–Crippen MR) is 77.6 cm³/mol. The molecule has 1 aromatic carbocycles. The van der Waals surface area contributed by atoms with E-state index in [2.05, 4.69) is 10.1 Å². The molecule has 0 bridgehead atoms. The van der Waals surface area contributed by atoms with Gasteiger partial charge in [0.1, 0.15) is 0 Å². The molecule has 0 aliphatic heterocycles. The second-order valence-electron chi connectivity index (χ2n) is 6.05. The number of alkyl halides is 3. The molecule has 0 spiro atoms. The highest BCUT2D eigenvalue weighted by Crippen LogP contribution is 2.38. The summed E-state index contributed by atoms with van der Waals surface area (Å²) in [7, 11) is 1.88. The van der Waals surface area contributed by atoms with Crippen LogP contribution in [0.3, 0.4) is 0 Å². The van der Waals surface area contributed by atoms with Gasteiger partial charge in [-0.1, -0.05) is 17.3 Å². The van der Waals surface area contributed by atoms with E-state index in [0.717, 1.165) is 36.4 Å². The van der Waals surface area contributed by atoms with Crippen LogP contribution in [-0.2, 0) is 12.7 Å². The Kier molecular flexibility index (Phi) is 4.14. The molecule has 0 amide bonds. The lowest BCUT2D eigenvalue weighted by molar-refractivity contribution is -0.137. The first-order valence-electron chi connectivity index (χ1n) is 7.54. The number of nitrogens with zero attached hydrogens (tertiary/aromatic N) is 3. The van der Waals surface area contributed by atoms with E-state index in [1.165, 1.54) is 12.1 Å². The number of aromatic nitrogens is 2. The van der Waals surface area contributed by atoms with Gasteiger partial charge in [0.2, 0.25) is 5.89 Å². The molecular formula is C16H18F3N3O. The maximum absolute atomic E-state index is 12.6. The zero-order valence-corrected chi connectivity index (χ0v) is 13.0. The number of benzene rings is 1. The summed E-state index contributed by atoms with van der Waals surface area (Å²) in [6, 6.07) is 5.10. The Balaban J connectivity index is 1.64. The lowest BCUT2D eigenvalue weighted by Gasteiger charge is -2.21. The minimum absolute atomic E-state index is 0.0997. The van der Waals surface area contributed by atoms with Gasteiger partial charge in [0.25, 0.3) is 0 Å². The summed E-state index contributed by atoms with van der Waals surface area (Å²) in [5, 5.41) is 3.99. The summed E-state index contributed by atoms with van der Waals surface area (Å²) in [6.07, 6.45) is -2.09. The monoisotopic (exact) mass is 325 g/mol. The van der Waals surface area contributed by atoms with Crippen molar-refractivity contribution in [1.82, 2.24) is 15.0 Å². The third-order valence-electron chi connectivity index (χ3n) is 4.13. The quantitative estimate of drug-likeness (QED) is 0.828. The van der Waals surface area contributed by atoms with Crippen LogP contribution in [0, 0.1) is 0 Å². The first-order valence-corrected chi connectivity index (χ1v) is 7.54. The second kappa shape index (κ2) is 5.96. The SMILES string of the molecule is CC(c1nc(C2CC2)no1)N(C)Cc1ccc(C(F)(F)F)cc1. The Morgan fingerprint density at radius 2 is 1.91 bits per heavy atom. The van der Waals surface area contributed by atoms with Crippen LogP contribution in [-0.4, -0.2) is 22.1 Å². The van der Waals surface area contributed by atoms with Gasteiger partial charge in [0.15, 0.2) is 5.82 Å². The zero-order chi connectivity index (χ0) is 16.6. The molecule has 23 heavy (non-hydrogen) atoms. The Bertz CT molecular complexity index is 662. The molecule has 1 aromatic heterocycles. The fraction of sp³-hybridized carbons (Fsp3) is 0.500. The largest absolute Gasteiger partial charge is 0.416 e. The van der Waals surface area contributed by atoms with E-state index in [1.54, 1.807) is 0 Å². The van der Waals surface area contributed by atoms with Crippen LogP contribution in [0.4, 0.5) is 13.2 Å². The van der Waals surface area contributed by atoms with Crippen molar-refractivity contribution in [2.75, 3.05) is 7.05 Å². The van der Waals surface area contributed by atoms with Gasteiger partial charge >= 0.3 is 6.18 Å². The van der Waals surface area contributed by atoms with E-state index in [4.69, 9.17) is 4.52 Å². The minimum atomic E-state index is -4.30. The fourth-order valence-electron chi connectivity index (χ4n) is 2.34. The topological polar surface area (TPSA) is 42.2 Å². The predicted octanol–water partition coefficient (Wildman–Crippen LogP) is 4.16. The molecule has 7 heteroatoms. The first-order chi connectivity index (χ1) is 10.8. The summed E-state index contributed by atoms with van der Waals surface area (Å²) >= 11 is 0. The Morgan fingerprint density at radius 1 is 1.26 bits per heavy atom. The number of hydrogen-bond acceptors (Lipinski definition) is 4. The molecule has 1 saturated carbocycles. The van der Waals surface area contributed by atoms with Crippen molar-refractivity contribution in [3.63, 3.8) is 0 Å². The van der Waals surface area contributed by atoms with Gasteiger partial charge in [0.05, 0.1) is 11.6 Å². The van der Waals surface area contributed by atoms with Crippen molar-refractivity contribution in [3.05, 3.63) is 47.1 Å². The number of halogens is 3. The molecule has 1 heterocycles. The van der Waals surface area contributed by atoms with Crippen LogP contribution in [0.25, 0.3) is 0 Å². The van der Waals surface area contributed by atoms with E-state index in [0.29, 0.717) is 18.4 Å². The normalized spacial score (nSPS) is 16.8. The van der Waals surface area contributed by atoms with E-state index in [9.17, 15) is 13.2 Å². The zero-order valence-electron chi connectivity index (χ0n) is 13.0. The van der Waals surface area contributed by atoms with Gasteiger partial charge in [-0.15, -0.1) is 0 Å². The molecule has 1 fully saturated rings. The molecular weight excluding hydrogens is 307 g/mol. The summed E-state index contributed by atoms with van der Waals surface area (Å²) in [6.45, 7) is 2.44. The summed E-state index contributed by atoms with van der Waals surface area (Å²) in [4.78, 5) is 6.38. The van der Waals surface area contributed by atoms with Crippen LogP contribution in [0.1, 0.15) is 54.6 Å². The van der Waals surface area contributed by atoms with E-state index < -0.39 is 11.7 Å². The first kappa shape index (κ1) is 16.0. The molecule has 1 aliphatic carbocycles. The summed E-state index contributed by atoms with van der Waals surface area (Å²) in [5.74, 6) is 1.73. The lowest BCUT2D eigenvalue weighted by Crippen LogP contribution is -2.22. The molecule has 3 rings (SSSR count). The second-order valence-corrected chi connectivity index (χ2v) is 6.05. The molecule has 1 unspecified atom stereocenters. The van der Waals surface area contributed by atoms with Crippen LogP contribution < -0.4 is 0 Å². The van der Waals surface area contributed by atoms with Gasteiger partial charge < -0.3 is 4.52 Å². The average Bonchev–Trinajstić information content (AvgIpc) is 3.23. The highest BCUT2D eigenvalue weighted by Gasteiger charge is 2.31. The molecule has 1 atom stereocenters. The van der Waals surface area contributed by atoms with Crippen molar-refractivity contribution < 1.29 is 17.7 Å². The molecule has 2 aromatic rings. The number of hydrogen-bond donors (Lipinski definition) is 0. The molecule has 0 radical (unpaired) electrons. The smallest absolute Gasteiger partial charge is 0.338 e. The molecule has 1 aliphatic rings. The van der Waals surface area contributed by atoms with Crippen molar-refractivity contribution in [1.29, 1.82) is 0 Å². The van der Waals surface area contributed by atoms with Crippen molar-refractivity contribution in [2.24, 2.45) is 0 Å². The Morgan fingerprint density at radius 3 is 2.48 bits per heavy atom. The highest BCUT2D eigenvalue weighted by molar-refractivity contribution is 5.24. The van der Waals surface area contributed by atoms with E-state index in [1.807, 2.05) is 18.9 Å². The lowest BCUT2D eigenvalue weighted by atomic mass is 10.1. The highest BCUT2D eigenvalue weighted by atomic mass is 19.4. The van der Waals surface area contributed by atoms with Gasteiger partial charge in [-0.2, -0.15) is 18.2 Å².